The van der Waals surface area contributed by atoms with Crippen LogP contribution in [0.5, 0.6) is 0 Å². The minimum absolute atomic E-state index is 0.0164. The van der Waals surface area contributed by atoms with Crippen LogP contribution < -0.4 is 5.32 Å². The molecule has 0 bridgehead atoms. The van der Waals surface area contributed by atoms with Gasteiger partial charge in [-0.2, -0.15) is 0 Å². The maximum absolute atomic E-state index is 12.6. The molecule has 0 fully saturated rings. The molecule has 0 heterocycles. The molecule has 0 saturated heterocycles. The van der Waals surface area contributed by atoms with Crippen molar-refractivity contribution in [1.82, 2.24) is 5.32 Å². The Kier molecular flexibility index (Phi) is 82.3. The van der Waals surface area contributed by atoms with Crippen molar-refractivity contribution < 1.29 is 24.5 Å². The number of nitrogens with one attached hydrogen (secondary N) is 1. The van der Waals surface area contributed by atoms with Gasteiger partial charge in [-0.25, -0.2) is 0 Å². The summed E-state index contributed by atoms with van der Waals surface area (Å²) in [7, 11) is 0. The van der Waals surface area contributed by atoms with Crippen molar-refractivity contribution in [3.8, 4) is 0 Å². The second-order valence-electron chi connectivity index (χ2n) is 29.9. The number of hydrogen-bond donors (Lipinski definition) is 3. The van der Waals surface area contributed by atoms with E-state index in [0.717, 1.165) is 51.4 Å². The van der Waals surface area contributed by atoms with Crippen LogP contribution in [-0.4, -0.2) is 47.4 Å². The van der Waals surface area contributed by atoms with Crippen LogP contribution in [0.2, 0.25) is 0 Å². The number of carbonyl (C=O) groups is 2. The lowest BCUT2D eigenvalue weighted by atomic mass is 10.0. The molecule has 1 amide bonds. The van der Waals surface area contributed by atoms with Gasteiger partial charge in [-0.05, 0) is 89.9 Å². The first-order valence-electron chi connectivity index (χ1n) is 43.4. The van der Waals surface area contributed by atoms with Gasteiger partial charge in [0, 0.05) is 12.8 Å². The van der Waals surface area contributed by atoms with Crippen molar-refractivity contribution in [2.75, 3.05) is 13.2 Å². The van der Waals surface area contributed by atoms with Gasteiger partial charge in [-0.15, -0.1) is 0 Å². The predicted molar refractivity (Wildman–Crippen MR) is 421 cm³/mol. The highest BCUT2D eigenvalue weighted by atomic mass is 16.5. The van der Waals surface area contributed by atoms with Gasteiger partial charge in [0.05, 0.1) is 25.4 Å². The number of esters is 1. The summed E-state index contributed by atoms with van der Waals surface area (Å²) in [6.45, 7) is 4.95. The highest BCUT2D eigenvalue weighted by molar-refractivity contribution is 5.76. The number of unbranched alkanes of at least 4 members (excludes halogenated alkanes) is 65. The molecule has 6 nitrogen and oxygen atoms in total. The van der Waals surface area contributed by atoms with Crippen molar-refractivity contribution in [1.29, 1.82) is 0 Å². The van der Waals surface area contributed by atoms with E-state index in [0.29, 0.717) is 19.4 Å². The second kappa shape index (κ2) is 84.2. The molecule has 95 heavy (non-hydrogen) atoms. The van der Waals surface area contributed by atoms with E-state index in [2.05, 4.69) is 55.6 Å². The summed E-state index contributed by atoms with van der Waals surface area (Å²) in [5.74, 6) is -0.0439. The summed E-state index contributed by atoms with van der Waals surface area (Å²) < 4.78 is 5.51. The third-order valence-electron chi connectivity index (χ3n) is 20.3. The fourth-order valence-electron chi connectivity index (χ4n) is 13.7. The van der Waals surface area contributed by atoms with Gasteiger partial charge in [0.25, 0.3) is 0 Å². The molecule has 0 aliphatic rings. The van der Waals surface area contributed by atoms with E-state index in [4.69, 9.17) is 4.74 Å². The zero-order chi connectivity index (χ0) is 68.4. The third kappa shape index (κ3) is 80.7. The zero-order valence-corrected chi connectivity index (χ0v) is 64.4. The van der Waals surface area contributed by atoms with E-state index in [1.54, 1.807) is 6.08 Å². The SMILES string of the molecule is CCCCCCCCC/C=C\CCCCCCCCCC(=O)OCCCCCCCCCCCCCCC/C=C\C/C=C\CCCCCCCCCCCCCCCCCCCC(=O)NC(CO)C(O)/C=C/CCCCCCCCCCCCCCCCCCCCCCC. The smallest absolute Gasteiger partial charge is 0.305 e. The van der Waals surface area contributed by atoms with E-state index in [-0.39, 0.29) is 18.5 Å². The molecule has 0 aromatic heterocycles. The zero-order valence-electron chi connectivity index (χ0n) is 64.4. The van der Waals surface area contributed by atoms with E-state index >= 15 is 0 Å². The lowest BCUT2D eigenvalue weighted by Crippen LogP contribution is -2.45. The molecule has 0 radical (unpaired) electrons. The van der Waals surface area contributed by atoms with Crippen LogP contribution in [0.15, 0.2) is 48.6 Å². The lowest BCUT2D eigenvalue weighted by molar-refractivity contribution is -0.143. The molecule has 0 rings (SSSR count). The van der Waals surface area contributed by atoms with Gasteiger partial charge in [-0.1, -0.05) is 428 Å². The highest BCUT2D eigenvalue weighted by Gasteiger charge is 2.18. The van der Waals surface area contributed by atoms with E-state index < -0.39 is 12.1 Å². The molecule has 0 aromatic rings. The summed E-state index contributed by atoms with van der Waals surface area (Å²) >= 11 is 0. The number of ether oxygens (including phenoxy) is 1. The molecule has 3 N–H and O–H groups in total. The molecule has 0 aliphatic heterocycles. The first kappa shape index (κ1) is 92.8. The minimum atomic E-state index is -0.845. The van der Waals surface area contributed by atoms with Gasteiger partial charge in [0.1, 0.15) is 0 Å². The Bertz CT molecular complexity index is 1590. The fourth-order valence-corrected chi connectivity index (χ4v) is 13.7. The van der Waals surface area contributed by atoms with Gasteiger partial charge in [0.15, 0.2) is 0 Å². The Morgan fingerprint density at radius 3 is 0.811 bits per heavy atom. The first-order valence-corrected chi connectivity index (χ1v) is 43.4. The number of amides is 1. The first-order chi connectivity index (χ1) is 47.0. The molecule has 2 unspecified atom stereocenters. The molecule has 2 atom stereocenters. The number of aliphatic hydroxyl groups is 2. The van der Waals surface area contributed by atoms with Crippen LogP contribution in [0.1, 0.15) is 483 Å². The van der Waals surface area contributed by atoms with Crippen LogP contribution in [-0.2, 0) is 14.3 Å². The van der Waals surface area contributed by atoms with Gasteiger partial charge < -0.3 is 20.3 Å². The van der Waals surface area contributed by atoms with Crippen molar-refractivity contribution in [3.63, 3.8) is 0 Å². The Hall–Kier alpha value is -2.18. The molecule has 560 valence electrons. The van der Waals surface area contributed by atoms with Crippen LogP contribution in [0, 0.1) is 0 Å². The number of aliphatic hydroxyl groups excluding tert-OH is 2. The van der Waals surface area contributed by atoms with E-state index in [1.807, 2.05) is 6.08 Å². The molecule has 0 spiro atoms. The minimum Gasteiger partial charge on any atom is -0.466 e. The summed E-state index contributed by atoms with van der Waals surface area (Å²) in [6.07, 6.45) is 113. The van der Waals surface area contributed by atoms with Gasteiger partial charge >= 0.3 is 5.97 Å². The molecular weight excluding hydrogens is 1160 g/mol. The van der Waals surface area contributed by atoms with E-state index in [9.17, 15) is 19.8 Å². The topological polar surface area (TPSA) is 95.9 Å². The normalized spacial score (nSPS) is 12.7. The quantitative estimate of drug-likeness (QED) is 0.0320. The van der Waals surface area contributed by atoms with Crippen molar-refractivity contribution >= 4 is 11.9 Å². The Morgan fingerprint density at radius 1 is 0.295 bits per heavy atom. The maximum atomic E-state index is 12.6. The number of hydrogen-bond acceptors (Lipinski definition) is 5. The lowest BCUT2D eigenvalue weighted by Gasteiger charge is -2.20. The van der Waals surface area contributed by atoms with Crippen LogP contribution in [0.25, 0.3) is 0 Å². The van der Waals surface area contributed by atoms with Crippen molar-refractivity contribution in [3.05, 3.63) is 48.6 Å². The fraction of sp³-hybridized carbons (Fsp3) is 0.888. The third-order valence-corrected chi connectivity index (χ3v) is 20.3. The van der Waals surface area contributed by atoms with Crippen molar-refractivity contribution in [2.45, 2.75) is 495 Å². The molecule has 0 aromatic carbocycles. The Morgan fingerprint density at radius 2 is 0.526 bits per heavy atom. The summed E-state index contributed by atoms with van der Waals surface area (Å²) in [5.41, 5.74) is 0. The van der Waals surface area contributed by atoms with Crippen molar-refractivity contribution in [2.24, 2.45) is 0 Å². The predicted octanol–water partition coefficient (Wildman–Crippen LogP) is 29.1. The number of allylic oxidation sites excluding steroid dienone is 7. The van der Waals surface area contributed by atoms with Crippen LogP contribution in [0.4, 0.5) is 0 Å². The van der Waals surface area contributed by atoms with Crippen LogP contribution in [0.3, 0.4) is 0 Å². The average Bonchev–Trinajstić information content (AvgIpc) is 3.03. The van der Waals surface area contributed by atoms with Gasteiger partial charge in [-0.3, -0.25) is 9.59 Å². The standard InChI is InChI=1S/C89H169NO5/c1-3-5-7-9-11-13-15-17-19-21-23-24-40-43-46-49-53-57-61-65-69-73-77-81-87(92)86(85-91)90-88(93)82-78-74-70-66-62-58-54-50-47-44-41-38-36-34-32-30-28-26-25-27-29-31-33-35-37-39-42-45-48-52-56-60-64-68-72-76-80-84-95-89(94)83-79-75-71-67-63-59-55-51-22-20-18-16-14-12-10-8-6-4-2/h20,22,25,27,31,33,77,81,86-87,91-92H,3-19,21,23-24,26,28-30,32,34-76,78-80,82-85H2,1-2H3,(H,90,93)/b22-20-,27-25-,33-31-,81-77+. The summed E-state index contributed by atoms with van der Waals surface area (Å²) in [4.78, 5) is 24.7. The molecule has 0 aliphatic carbocycles. The van der Waals surface area contributed by atoms with E-state index in [1.165, 1.54) is 405 Å². The monoisotopic (exact) mass is 1330 g/mol. The summed E-state index contributed by atoms with van der Waals surface area (Å²) in [6, 6.07) is -0.628. The van der Waals surface area contributed by atoms with Crippen LogP contribution >= 0.6 is 0 Å². The maximum Gasteiger partial charge on any atom is 0.305 e. The second-order valence-corrected chi connectivity index (χ2v) is 29.9. The summed E-state index contributed by atoms with van der Waals surface area (Å²) in [5, 5.41) is 23.3. The Balaban J connectivity index is 3.38. The number of rotatable bonds is 82. The average molecular weight is 1330 g/mol. The number of carbonyl (C=O) groups excluding carboxylic acids is 2. The largest absolute Gasteiger partial charge is 0.466 e. The van der Waals surface area contributed by atoms with Gasteiger partial charge in [0.2, 0.25) is 5.91 Å². The Labute approximate surface area is 595 Å². The highest BCUT2D eigenvalue weighted by Crippen LogP contribution is 2.20. The molecule has 0 saturated carbocycles. The molecule has 6 heteroatoms. The molecular formula is C89H169NO5.